The average Bonchev–Trinajstić information content (AvgIpc) is 2.33. The highest BCUT2D eigenvalue weighted by molar-refractivity contribution is 7.89. The summed E-state index contributed by atoms with van der Waals surface area (Å²) in [6, 6.07) is 0. The Morgan fingerprint density at radius 3 is 2.44 bits per heavy atom. The van der Waals surface area contributed by atoms with Crippen LogP contribution < -0.4 is 21.3 Å². The van der Waals surface area contributed by atoms with Crippen molar-refractivity contribution in [3.8, 4) is 0 Å². The van der Waals surface area contributed by atoms with Gasteiger partial charge in [-0.3, -0.25) is 9.36 Å². The summed E-state index contributed by atoms with van der Waals surface area (Å²) >= 11 is 0. The predicted molar refractivity (Wildman–Crippen MR) is 66.1 cm³/mol. The minimum Gasteiger partial charge on any atom is -0.363 e. The van der Waals surface area contributed by atoms with Gasteiger partial charge in [0, 0.05) is 20.6 Å². The molecule has 9 nitrogen and oxygen atoms in total. The normalized spacial score (nSPS) is 11.5. The molecule has 1 rings (SSSR count). The van der Waals surface area contributed by atoms with Gasteiger partial charge in [0.15, 0.2) is 0 Å². The molecule has 0 atom stereocenters. The summed E-state index contributed by atoms with van der Waals surface area (Å²) in [6.45, 7) is 0.0175. The summed E-state index contributed by atoms with van der Waals surface area (Å²) in [5, 5.41) is 6.31. The van der Waals surface area contributed by atoms with Crippen molar-refractivity contribution in [2.24, 2.45) is 14.1 Å². The number of nitrogens with zero attached hydrogens (tertiary/aromatic N) is 3. The molecule has 1 heterocycles. The van der Waals surface area contributed by atoms with E-state index in [0.717, 1.165) is 9.25 Å². The molecule has 0 fully saturated rings. The maximum absolute atomic E-state index is 11.6. The van der Waals surface area contributed by atoms with Gasteiger partial charge in [0.25, 0.3) is 5.56 Å². The van der Waals surface area contributed by atoms with Gasteiger partial charge in [-0.1, -0.05) is 0 Å². The molecule has 18 heavy (non-hydrogen) atoms. The van der Waals surface area contributed by atoms with E-state index in [9.17, 15) is 18.0 Å². The van der Waals surface area contributed by atoms with Crippen molar-refractivity contribution < 1.29 is 8.42 Å². The van der Waals surface area contributed by atoms with Gasteiger partial charge in [-0.25, -0.2) is 22.6 Å². The Morgan fingerprint density at radius 1 is 1.28 bits per heavy atom. The van der Waals surface area contributed by atoms with Crippen LogP contribution in [0.2, 0.25) is 0 Å². The number of aromatic nitrogens is 3. The van der Waals surface area contributed by atoms with Gasteiger partial charge in [-0.05, 0) is 7.05 Å². The molecule has 0 aliphatic rings. The van der Waals surface area contributed by atoms with Crippen molar-refractivity contribution in [1.29, 1.82) is 0 Å². The zero-order valence-corrected chi connectivity index (χ0v) is 11.1. The van der Waals surface area contributed by atoms with Crippen LogP contribution in [0.15, 0.2) is 9.59 Å². The van der Waals surface area contributed by atoms with Gasteiger partial charge in [-0.2, -0.15) is 0 Å². The molecule has 1 aromatic rings. The molecular formula is C8H15N5O4S. The second-order valence-electron chi connectivity index (χ2n) is 3.57. The van der Waals surface area contributed by atoms with Crippen LogP contribution in [0.1, 0.15) is 0 Å². The predicted octanol–water partition coefficient (Wildman–Crippen LogP) is -2.56. The van der Waals surface area contributed by atoms with Crippen molar-refractivity contribution in [1.82, 2.24) is 19.1 Å². The number of hydrogen-bond acceptors (Lipinski definition) is 6. The average molecular weight is 277 g/mol. The first-order valence-corrected chi connectivity index (χ1v) is 6.73. The van der Waals surface area contributed by atoms with Crippen LogP contribution in [0.5, 0.6) is 0 Å². The summed E-state index contributed by atoms with van der Waals surface area (Å²) in [5.41, 5.74) is -1.15. The summed E-state index contributed by atoms with van der Waals surface area (Å²) in [5.74, 6) is -0.261. The fourth-order valence-electron chi connectivity index (χ4n) is 1.22. The number of sulfonamides is 1. The summed E-state index contributed by atoms with van der Waals surface area (Å²) in [7, 11) is 0.677. The van der Waals surface area contributed by atoms with Crippen molar-refractivity contribution in [2.45, 2.75) is 0 Å². The maximum atomic E-state index is 11.6. The fraction of sp³-hybridized carbons (Fsp3) is 0.625. The van der Waals surface area contributed by atoms with Gasteiger partial charge in [0.2, 0.25) is 15.8 Å². The first-order valence-electron chi connectivity index (χ1n) is 5.08. The van der Waals surface area contributed by atoms with E-state index in [1.54, 1.807) is 0 Å². The van der Waals surface area contributed by atoms with Gasteiger partial charge >= 0.3 is 5.69 Å². The third-order valence-corrected chi connectivity index (χ3v) is 3.66. The van der Waals surface area contributed by atoms with Gasteiger partial charge in [-0.15, -0.1) is 5.10 Å². The highest BCUT2D eigenvalue weighted by atomic mass is 32.2. The first kappa shape index (κ1) is 14.4. The van der Waals surface area contributed by atoms with Crippen LogP contribution in [0.3, 0.4) is 0 Å². The Balaban J connectivity index is 2.88. The minimum absolute atomic E-state index is 0.0175. The lowest BCUT2D eigenvalue weighted by Gasteiger charge is -2.07. The molecule has 0 bridgehead atoms. The van der Waals surface area contributed by atoms with E-state index in [2.05, 4.69) is 15.1 Å². The van der Waals surface area contributed by atoms with E-state index in [1.165, 1.54) is 21.1 Å². The molecular weight excluding hydrogens is 262 g/mol. The Kier molecular flexibility index (Phi) is 4.24. The SMILES string of the molecule is CNS(=O)(=O)CCNc1nn(C)c(=O)n(C)c1=O. The Bertz CT molecular complexity index is 644. The second-order valence-corrected chi connectivity index (χ2v) is 5.61. The third kappa shape index (κ3) is 3.17. The molecule has 0 saturated heterocycles. The maximum Gasteiger partial charge on any atom is 0.346 e. The Hall–Kier alpha value is -1.68. The number of aryl methyl sites for hydroxylation is 1. The highest BCUT2D eigenvalue weighted by Crippen LogP contribution is 1.90. The summed E-state index contributed by atoms with van der Waals surface area (Å²) in [6.07, 6.45) is 0. The Morgan fingerprint density at radius 2 is 1.89 bits per heavy atom. The largest absolute Gasteiger partial charge is 0.363 e. The molecule has 102 valence electrons. The third-order valence-electron chi connectivity index (χ3n) is 2.30. The molecule has 0 radical (unpaired) electrons. The van der Waals surface area contributed by atoms with Crippen LogP contribution in [-0.4, -0.2) is 42.1 Å². The van der Waals surface area contributed by atoms with E-state index < -0.39 is 21.3 Å². The number of anilines is 1. The van der Waals surface area contributed by atoms with E-state index in [-0.39, 0.29) is 18.1 Å². The number of nitrogens with one attached hydrogen (secondary N) is 2. The molecule has 1 aromatic heterocycles. The molecule has 0 saturated carbocycles. The molecule has 0 aliphatic carbocycles. The smallest absolute Gasteiger partial charge is 0.346 e. The van der Waals surface area contributed by atoms with E-state index in [0.29, 0.717) is 0 Å². The molecule has 0 aromatic carbocycles. The summed E-state index contributed by atoms with van der Waals surface area (Å²) < 4.78 is 26.3. The first-order chi connectivity index (χ1) is 8.28. The fourth-order valence-corrected chi connectivity index (χ4v) is 1.79. The van der Waals surface area contributed by atoms with E-state index in [4.69, 9.17) is 0 Å². The van der Waals surface area contributed by atoms with Gasteiger partial charge in [0.05, 0.1) is 5.75 Å². The second kappa shape index (κ2) is 5.31. The van der Waals surface area contributed by atoms with Crippen LogP contribution in [-0.2, 0) is 24.1 Å². The highest BCUT2D eigenvalue weighted by Gasteiger charge is 2.10. The number of hydrogen-bond donors (Lipinski definition) is 2. The van der Waals surface area contributed by atoms with E-state index in [1.807, 2.05) is 0 Å². The van der Waals surface area contributed by atoms with Gasteiger partial charge < -0.3 is 5.32 Å². The topological polar surface area (TPSA) is 115 Å². The lowest BCUT2D eigenvalue weighted by molar-refractivity contribution is 0.587. The number of rotatable bonds is 5. The molecule has 0 amide bonds. The molecule has 0 spiro atoms. The molecule has 0 unspecified atom stereocenters. The van der Waals surface area contributed by atoms with Crippen molar-refractivity contribution in [3.05, 3.63) is 20.8 Å². The van der Waals surface area contributed by atoms with Crippen molar-refractivity contribution in [2.75, 3.05) is 24.7 Å². The standard InChI is InChI=1S/C8H15N5O4S/c1-9-18(16,17)5-4-10-6-7(14)12(2)8(15)13(3)11-6/h9H,4-5H2,1-3H3,(H,10,11). The lowest BCUT2D eigenvalue weighted by atomic mass is 10.6. The zero-order valence-electron chi connectivity index (χ0n) is 10.3. The van der Waals surface area contributed by atoms with Crippen LogP contribution in [0.4, 0.5) is 5.82 Å². The Labute approximate surface area is 103 Å². The minimum atomic E-state index is -3.35. The van der Waals surface area contributed by atoms with Gasteiger partial charge in [0.1, 0.15) is 0 Å². The van der Waals surface area contributed by atoms with Crippen LogP contribution >= 0.6 is 0 Å². The van der Waals surface area contributed by atoms with E-state index >= 15 is 0 Å². The molecule has 0 aliphatic heterocycles. The monoisotopic (exact) mass is 277 g/mol. The van der Waals surface area contributed by atoms with Crippen molar-refractivity contribution in [3.63, 3.8) is 0 Å². The summed E-state index contributed by atoms with van der Waals surface area (Å²) in [4.78, 5) is 23.0. The zero-order chi connectivity index (χ0) is 13.9. The molecule has 10 heteroatoms. The van der Waals surface area contributed by atoms with Crippen LogP contribution in [0, 0.1) is 0 Å². The lowest BCUT2D eigenvalue weighted by Crippen LogP contribution is -2.40. The van der Waals surface area contributed by atoms with Crippen LogP contribution in [0.25, 0.3) is 0 Å². The molecule has 2 N–H and O–H groups in total. The quantitative estimate of drug-likeness (QED) is 0.612. The van der Waals surface area contributed by atoms with Crippen molar-refractivity contribution >= 4 is 15.8 Å².